The number of aliphatic hydroxyl groups is 1. The molecule has 0 aliphatic heterocycles. The molecule has 112 valence electrons. The second-order valence-corrected chi connectivity index (χ2v) is 6.32. The zero-order valence-corrected chi connectivity index (χ0v) is 12.6. The van der Waals surface area contributed by atoms with Gasteiger partial charge in [-0.15, -0.1) is 11.3 Å². The van der Waals surface area contributed by atoms with E-state index in [-0.39, 0.29) is 12.5 Å². The summed E-state index contributed by atoms with van der Waals surface area (Å²) < 4.78 is 5.45. The largest absolute Gasteiger partial charge is 0.389 e. The highest BCUT2D eigenvalue weighted by Gasteiger charge is 2.23. The molecule has 1 unspecified atom stereocenters. The quantitative estimate of drug-likeness (QED) is 0.709. The molecule has 1 atom stereocenters. The summed E-state index contributed by atoms with van der Waals surface area (Å²) >= 11 is 1.64. The fourth-order valence-electron chi connectivity index (χ4n) is 1.91. The Balaban J connectivity index is 1.55. The van der Waals surface area contributed by atoms with Crippen LogP contribution in [0.1, 0.15) is 17.7 Å². The Morgan fingerprint density at radius 1 is 1.65 bits per heavy atom. The predicted molar refractivity (Wildman–Crippen MR) is 78.6 cm³/mol. The number of hydrogen-bond donors (Lipinski definition) is 2. The van der Waals surface area contributed by atoms with Crippen molar-refractivity contribution in [1.82, 2.24) is 10.2 Å². The number of thiophene rings is 1. The van der Waals surface area contributed by atoms with E-state index in [0.717, 1.165) is 17.7 Å². The summed E-state index contributed by atoms with van der Waals surface area (Å²) in [5, 5.41) is 14.8. The maximum atomic E-state index is 11.6. The number of carbonyl (C=O) groups is 1. The molecule has 0 aromatic carbocycles. The molecular formula is C14H22N2O3S. The topological polar surface area (TPSA) is 61.8 Å². The van der Waals surface area contributed by atoms with Crippen LogP contribution in [-0.2, 0) is 16.1 Å². The molecule has 0 spiro atoms. The summed E-state index contributed by atoms with van der Waals surface area (Å²) in [6, 6.07) is 4.37. The first-order chi connectivity index (χ1) is 9.63. The van der Waals surface area contributed by atoms with Crippen molar-refractivity contribution >= 4 is 17.2 Å². The van der Waals surface area contributed by atoms with Crippen LogP contribution in [0.3, 0.4) is 0 Å². The molecule has 1 heterocycles. The van der Waals surface area contributed by atoms with Crippen LogP contribution in [-0.4, -0.2) is 54.8 Å². The summed E-state index contributed by atoms with van der Waals surface area (Å²) in [6.07, 6.45) is 1.61. The van der Waals surface area contributed by atoms with E-state index >= 15 is 0 Å². The molecule has 1 aliphatic rings. The van der Waals surface area contributed by atoms with Gasteiger partial charge in [0.2, 0.25) is 5.91 Å². The van der Waals surface area contributed by atoms with E-state index in [0.29, 0.717) is 25.7 Å². The number of aliphatic hydroxyl groups excluding tert-OH is 1. The molecule has 1 fully saturated rings. The average Bonchev–Trinajstić information content (AvgIpc) is 3.02. The highest BCUT2D eigenvalue weighted by Crippen LogP contribution is 2.18. The Kier molecular flexibility index (Phi) is 5.97. The monoisotopic (exact) mass is 298 g/mol. The Hall–Kier alpha value is -0.950. The molecule has 1 amide bonds. The number of ether oxygens (including phenoxy) is 1. The number of hydrogen-bond acceptors (Lipinski definition) is 5. The lowest BCUT2D eigenvalue weighted by atomic mass is 10.3. The molecule has 5 nitrogen and oxygen atoms in total. The predicted octanol–water partition coefficient (Wildman–Crippen LogP) is 0.836. The third kappa shape index (κ3) is 6.00. The Morgan fingerprint density at radius 2 is 2.45 bits per heavy atom. The molecule has 6 heteroatoms. The molecule has 20 heavy (non-hydrogen) atoms. The smallest absolute Gasteiger partial charge is 0.234 e. The van der Waals surface area contributed by atoms with Crippen molar-refractivity contribution in [2.75, 3.05) is 26.7 Å². The summed E-state index contributed by atoms with van der Waals surface area (Å²) in [4.78, 5) is 14.6. The van der Waals surface area contributed by atoms with Crippen molar-refractivity contribution in [3.8, 4) is 0 Å². The summed E-state index contributed by atoms with van der Waals surface area (Å²) in [6.45, 7) is 1.56. The van der Waals surface area contributed by atoms with Crippen LogP contribution in [0.4, 0.5) is 0 Å². The molecule has 0 saturated heterocycles. The molecule has 0 bridgehead atoms. The molecule has 2 rings (SSSR count). The molecule has 1 aromatic heterocycles. The minimum Gasteiger partial charge on any atom is -0.389 e. The normalized spacial score (nSPS) is 16.4. The van der Waals surface area contributed by atoms with Crippen molar-refractivity contribution in [3.63, 3.8) is 0 Å². The molecule has 2 N–H and O–H groups in total. The van der Waals surface area contributed by atoms with E-state index in [2.05, 4.69) is 5.32 Å². The van der Waals surface area contributed by atoms with E-state index in [4.69, 9.17) is 4.74 Å². The number of amides is 1. The van der Waals surface area contributed by atoms with Gasteiger partial charge in [-0.1, -0.05) is 6.07 Å². The average molecular weight is 298 g/mol. The minimum absolute atomic E-state index is 0.0294. The Labute approximate surface area is 123 Å². The maximum absolute atomic E-state index is 11.6. The first-order valence-corrected chi connectivity index (χ1v) is 7.77. The van der Waals surface area contributed by atoms with E-state index in [1.807, 2.05) is 29.5 Å². The van der Waals surface area contributed by atoms with Gasteiger partial charge in [-0.25, -0.2) is 0 Å². The lowest BCUT2D eigenvalue weighted by molar-refractivity contribution is -0.122. The highest BCUT2D eigenvalue weighted by molar-refractivity contribution is 7.09. The van der Waals surface area contributed by atoms with Crippen molar-refractivity contribution < 1.29 is 14.6 Å². The third-order valence-electron chi connectivity index (χ3n) is 3.01. The van der Waals surface area contributed by atoms with Gasteiger partial charge in [0.1, 0.15) is 0 Å². The lowest BCUT2D eigenvalue weighted by Gasteiger charge is -2.20. The van der Waals surface area contributed by atoms with E-state index in [9.17, 15) is 9.90 Å². The molecule has 1 aliphatic carbocycles. The second kappa shape index (κ2) is 7.73. The van der Waals surface area contributed by atoms with Gasteiger partial charge in [0.25, 0.3) is 0 Å². The number of likely N-dealkylation sites (N-methyl/N-ethyl adjacent to an activating group) is 1. The molecular weight excluding hydrogens is 276 g/mol. The second-order valence-electron chi connectivity index (χ2n) is 5.29. The van der Waals surface area contributed by atoms with Crippen LogP contribution in [0.5, 0.6) is 0 Å². The molecule has 0 radical (unpaired) electrons. The van der Waals surface area contributed by atoms with Crippen LogP contribution in [0.2, 0.25) is 0 Å². The number of rotatable bonds is 9. The van der Waals surface area contributed by atoms with Crippen LogP contribution >= 0.6 is 11.3 Å². The zero-order chi connectivity index (χ0) is 14.4. The maximum Gasteiger partial charge on any atom is 0.234 e. The molecule has 1 aromatic rings. The fraction of sp³-hybridized carbons (Fsp3) is 0.643. The van der Waals surface area contributed by atoms with Crippen LogP contribution < -0.4 is 5.32 Å². The van der Waals surface area contributed by atoms with Gasteiger partial charge < -0.3 is 15.2 Å². The van der Waals surface area contributed by atoms with Crippen LogP contribution in [0.15, 0.2) is 17.5 Å². The number of nitrogens with zero attached hydrogens (tertiary/aromatic N) is 1. The fourth-order valence-corrected chi connectivity index (χ4v) is 2.55. The standard InChI is InChI=1S/C14H22N2O3S/c1-16(8-14(18)15-11-4-5-11)7-12(17)9-19-10-13-3-2-6-20-13/h2-3,6,11-12,17H,4-5,7-10H2,1H3,(H,15,18). The van der Waals surface area contributed by atoms with Gasteiger partial charge >= 0.3 is 0 Å². The van der Waals surface area contributed by atoms with Gasteiger partial charge in [0, 0.05) is 17.5 Å². The minimum atomic E-state index is -0.575. The Bertz CT molecular complexity index is 407. The third-order valence-corrected chi connectivity index (χ3v) is 3.86. The van der Waals surface area contributed by atoms with E-state index in [1.54, 1.807) is 11.3 Å². The zero-order valence-electron chi connectivity index (χ0n) is 11.7. The van der Waals surface area contributed by atoms with Gasteiger partial charge in [-0.3, -0.25) is 9.69 Å². The van der Waals surface area contributed by atoms with Gasteiger partial charge in [0.05, 0.1) is 25.9 Å². The summed E-state index contributed by atoms with van der Waals surface area (Å²) in [5.74, 6) is 0.0294. The summed E-state index contributed by atoms with van der Waals surface area (Å²) in [7, 11) is 1.83. The van der Waals surface area contributed by atoms with Crippen molar-refractivity contribution in [1.29, 1.82) is 0 Å². The molecule has 1 saturated carbocycles. The van der Waals surface area contributed by atoms with Gasteiger partial charge in [-0.2, -0.15) is 0 Å². The highest BCUT2D eigenvalue weighted by atomic mass is 32.1. The van der Waals surface area contributed by atoms with Crippen LogP contribution in [0, 0.1) is 0 Å². The first-order valence-electron chi connectivity index (χ1n) is 6.89. The van der Waals surface area contributed by atoms with E-state index in [1.165, 1.54) is 0 Å². The van der Waals surface area contributed by atoms with Crippen molar-refractivity contribution in [2.24, 2.45) is 0 Å². The lowest BCUT2D eigenvalue weighted by Crippen LogP contribution is -2.40. The number of carbonyl (C=O) groups excluding carboxylic acids is 1. The Morgan fingerprint density at radius 3 is 3.10 bits per heavy atom. The van der Waals surface area contributed by atoms with E-state index < -0.39 is 6.10 Å². The van der Waals surface area contributed by atoms with Crippen molar-refractivity contribution in [3.05, 3.63) is 22.4 Å². The van der Waals surface area contributed by atoms with Gasteiger partial charge in [-0.05, 0) is 31.3 Å². The van der Waals surface area contributed by atoms with Crippen molar-refractivity contribution in [2.45, 2.75) is 31.6 Å². The van der Waals surface area contributed by atoms with Crippen LogP contribution in [0.25, 0.3) is 0 Å². The number of nitrogens with one attached hydrogen (secondary N) is 1. The SMILES string of the molecule is CN(CC(=O)NC1CC1)CC(O)COCc1cccs1. The first kappa shape index (κ1) is 15.4. The summed E-state index contributed by atoms with van der Waals surface area (Å²) in [5.41, 5.74) is 0. The van der Waals surface area contributed by atoms with Gasteiger partial charge in [0.15, 0.2) is 0 Å².